The largest absolute Gasteiger partial charge is 0.324 e. The van der Waals surface area contributed by atoms with Crippen LogP contribution in [0, 0.1) is 5.82 Å². The van der Waals surface area contributed by atoms with Crippen molar-refractivity contribution in [2.24, 2.45) is 0 Å². The molecule has 0 radical (unpaired) electrons. The molecule has 0 unspecified atom stereocenters. The van der Waals surface area contributed by atoms with Crippen LogP contribution < -0.4 is 10.6 Å². The monoisotopic (exact) mass is 260 g/mol. The number of nitrogens with one attached hydrogen (secondary N) is 2. The molecule has 1 heterocycles. The number of nitrogens with zero attached hydrogens (tertiary/aromatic N) is 2. The number of hydrogen-bond donors (Lipinski definition) is 2. The Balaban J connectivity index is 2.02. The highest BCUT2D eigenvalue weighted by atomic mass is 19.1. The van der Waals surface area contributed by atoms with Crippen molar-refractivity contribution in [3.8, 4) is 0 Å². The average molecular weight is 260 g/mol. The molecule has 0 aliphatic rings. The van der Waals surface area contributed by atoms with E-state index in [4.69, 9.17) is 0 Å². The lowest BCUT2D eigenvalue weighted by Gasteiger charge is -2.06. The van der Waals surface area contributed by atoms with Crippen LogP contribution in [0.1, 0.15) is 13.3 Å². The highest BCUT2D eigenvalue weighted by Crippen LogP contribution is 2.14. The fourth-order valence-electron chi connectivity index (χ4n) is 1.37. The zero-order valence-corrected chi connectivity index (χ0v) is 10.4. The van der Waals surface area contributed by atoms with Gasteiger partial charge in [-0.15, -0.1) is 0 Å². The summed E-state index contributed by atoms with van der Waals surface area (Å²) in [5.41, 5.74) is 1.23. The van der Waals surface area contributed by atoms with E-state index in [9.17, 15) is 9.18 Å². The van der Waals surface area contributed by atoms with E-state index in [2.05, 4.69) is 20.6 Å². The highest BCUT2D eigenvalue weighted by molar-refractivity contribution is 5.90. The van der Waals surface area contributed by atoms with E-state index in [1.165, 1.54) is 24.5 Å². The van der Waals surface area contributed by atoms with Crippen LogP contribution in [0.2, 0.25) is 0 Å². The molecule has 0 bridgehead atoms. The lowest BCUT2D eigenvalue weighted by molar-refractivity contribution is -0.115. The summed E-state index contributed by atoms with van der Waals surface area (Å²) in [4.78, 5) is 19.3. The first-order valence-electron chi connectivity index (χ1n) is 5.82. The first kappa shape index (κ1) is 12.9. The SMILES string of the molecule is CCC(=O)Nc1cnc(Nc2ccc(F)cc2)nc1. The van der Waals surface area contributed by atoms with Gasteiger partial charge in [-0.1, -0.05) is 6.92 Å². The maximum absolute atomic E-state index is 12.7. The lowest BCUT2D eigenvalue weighted by atomic mass is 10.3. The van der Waals surface area contributed by atoms with Gasteiger partial charge in [0.1, 0.15) is 5.82 Å². The number of anilines is 3. The number of aromatic nitrogens is 2. The predicted molar refractivity (Wildman–Crippen MR) is 70.6 cm³/mol. The fourth-order valence-corrected chi connectivity index (χ4v) is 1.37. The number of hydrogen-bond acceptors (Lipinski definition) is 4. The van der Waals surface area contributed by atoms with Gasteiger partial charge in [0.2, 0.25) is 11.9 Å². The Hall–Kier alpha value is -2.50. The molecule has 0 spiro atoms. The molecule has 0 aliphatic carbocycles. The number of carbonyl (C=O) groups excluding carboxylic acids is 1. The molecule has 0 atom stereocenters. The van der Waals surface area contributed by atoms with Crippen molar-refractivity contribution >= 4 is 23.2 Å². The summed E-state index contributed by atoms with van der Waals surface area (Å²) in [6, 6.07) is 5.87. The molecule has 0 aliphatic heterocycles. The summed E-state index contributed by atoms with van der Waals surface area (Å²) in [5, 5.41) is 5.57. The molecule has 98 valence electrons. The Labute approximate surface area is 109 Å². The van der Waals surface area contributed by atoms with Gasteiger partial charge in [-0.25, -0.2) is 14.4 Å². The van der Waals surface area contributed by atoms with Crippen molar-refractivity contribution in [2.75, 3.05) is 10.6 Å². The molecular formula is C13H13FN4O. The van der Waals surface area contributed by atoms with Gasteiger partial charge in [0, 0.05) is 12.1 Å². The quantitative estimate of drug-likeness (QED) is 0.887. The lowest BCUT2D eigenvalue weighted by Crippen LogP contribution is -2.10. The Bertz CT molecular complexity index is 554. The molecule has 0 fully saturated rings. The molecule has 1 aromatic heterocycles. The van der Waals surface area contributed by atoms with Crippen LogP contribution in [0.4, 0.5) is 21.7 Å². The normalized spacial score (nSPS) is 10.0. The van der Waals surface area contributed by atoms with Crippen molar-refractivity contribution < 1.29 is 9.18 Å². The number of benzene rings is 1. The molecule has 0 saturated carbocycles. The zero-order chi connectivity index (χ0) is 13.7. The summed E-state index contributed by atoms with van der Waals surface area (Å²) >= 11 is 0. The van der Waals surface area contributed by atoms with E-state index < -0.39 is 0 Å². The minimum atomic E-state index is -0.302. The van der Waals surface area contributed by atoms with Crippen molar-refractivity contribution in [3.05, 3.63) is 42.5 Å². The van der Waals surface area contributed by atoms with Gasteiger partial charge in [0.25, 0.3) is 0 Å². The molecule has 2 rings (SSSR count). The van der Waals surface area contributed by atoms with Crippen molar-refractivity contribution in [3.63, 3.8) is 0 Å². The van der Waals surface area contributed by atoms with Crippen LogP contribution in [0.3, 0.4) is 0 Å². The van der Waals surface area contributed by atoms with Crippen LogP contribution in [0.25, 0.3) is 0 Å². The first-order valence-corrected chi connectivity index (χ1v) is 5.82. The predicted octanol–water partition coefficient (Wildman–Crippen LogP) is 2.71. The molecule has 0 saturated heterocycles. The molecular weight excluding hydrogens is 247 g/mol. The third kappa shape index (κ3) is 3.74. The smallest absolute Gasteiger partial charge is 0.227 e. The van der Waals surface area contributed by atoms with Crippen molar-refractivity contribution in [2.45, 2.75) is 13.3 Å². The van der Waals surface area contributed by atoms with Crippen LogP contribution in [0.15, 0.2) is 36.7 Å². The molecule has 2 aromatic rings. The minimum Gasteiger partial charge on any atom is -0.324 e. The van der Waals surface area contributed by atoms with Gasteiger partial charge in [0.05, 0.1) is 18.1 Å². The Morgan fingerprint density at radius 1 is 1.16 bits per heavy atom. The summed E-state index contributed by atoms with van der Waals surface area (Å²) < 4.78 is 12.7. The van der Waals surface area contributed by atoms with E-state index in [1.807, 2.05) is 0 Å². The van der Waals surface area contributed by atoms with E-state index >= 15 is 0 Å². The highest BCUT2D eigenvalue weighted by Gasteiger charge is 2.01. The minimum absolute atomic E-state index is 0.0946. The maximum atomic E-state index is 12.7. The Morgan fingerprint density at radius 3 is 2.37 bits per heavy atom. The van der Waals surface area contributed by atoms with Gasteiger partial charge >= 0.3 is 0 Å². The Morgan fingerprint density at radius 2 is 1.79 bits per heavy atom. The van der Waals surface area contributed by atoms with Crippen LogP contribution in [-0.2, 0) is 4.79 Å². The van der Waals surface area contributed by atoms with E-state index in [0.29, 0.717) is 23.7 Å². The molecule has 19 heavy (non-hydrogen) atoms. The average Bonchev–Trinajstić information content (AvgIpc) is 2.43. The van der Waals surface area contributed by atoms with E-state index in [-0.39, 0.29) is 11.7 Å². The Kier molecular flexibility index (Phi) is 4.02. The molecule has 2 N–H and O–H groups in total. The summed E-state index contributed by atoms with van der Waals surface area (Å²) in [5.74, 6) is -0.0203. The second-order valence-electron chi connectivity index (χ2n) is 3.83. The van der Waals surface area contributed by atoms with Gasteiger partial charge in [-0.2, -0.15) is 0 Å². The van der Waals surface area contributed by atoms with Gasteiger partial charge in [-0.05, 0) is 24.3 Å². The summed E-state index contributed by atoms with van der Waals surface area (Å²) in [6.07, 6.45) is 3.41. The topological polar surface area (TPSA) is 66.9 Å². The summed E-state index contributed by atoms with van der Waals surface area (Å²) in [7, 11) is 0. The fraction of sp³-hybridized carbons (Fsp3) is 0.154. The van der Waals surface area contributed by atoms with Crippen LogP contribution >= 0.6 is 0 Å². The van der Waals surface area contributed by atoms with Crippen molar-refractivity contribution in [1.29, 1.82) is 0 Å². The maximum Gasteiger partial charge on any atom is 0.227 e. The van der Waals surface area contributed by atoms with Crippen molar-refractivity contribution in [1.82, 2.24) is 9.97 Å². The van der Waals surface area contributed by atoms with Crippen LogP contribution in [0.5, 0.6) is 0 Å². The summed E-state index contributed by atoms with van der Waals surface area (Å²) in [6.45, 7) is 1.76. The standard InChI is InChI=1S/C13H13FN4O/c1-2-12(19)17-11-7-15-13(16-8-11)18-10-5-3-9(14)4-6-10/h3-8H,2H2,1H3,(H,17,19)(H,15,16,18). The van der Waals surface area contributed by atoms with E-state index in [0.717, 1.165) is 0 Å². The molecule has 1 aromatic carbocycles. The number of amides is 1. The molecule has 6 heteroatoms. The van der Waals surface area contributed by atoms with Crippen LogP contribution in [-0.4, -0.2) is 15.9 Å². The number of halogens is 1. The third-order valence-electron chi connectivity index (χ3n) is 2.36. The second-order valence-corrected chi connectivity index (χ2v) is 3.83. The number of carbonyl (C=O) groups is 1. The second kappa shape index (κ2) is 5.90. The van der Waals surface area contributed by atoms with Gasteiger partial charge in [0.15, 0.2) is 0 Å². The third-order valence-corrected chi connectivity index (χ3v) is 2.36. The first-order chi connectivity index (χ1) is 9.17. The van der Waals surface area contributed by atoms with Gasteiger partial charge in [-0.3, -0.25) is 4.79 Å². The number of rotatable bonds is 4. The molecule has 5 nitrogen and oxygen atoms in total. The zero-order valence-electron chi connectivity index (χ0n) is 10.4. The van der Waals surface area contributed by atoms with E-state index in [1.54, 1.807) is 19.1 Å². The molecule has 1 amide bonds. The van der Waals surface area contributed by atoms with Gasteiger partial charge < -0.3 is 10.6 Å².